The number of benzene rings is 2. The SMILES string of the molecule is CO[C@H]1S[C@@H]2C(NC(=O)Cc3ccccc3)C(=O)N2C(C(=O)OCc2ccccc2)=C1C. The van der Waals surface area contributed by atoms with E-state index in [1.807, 2.05) is 60.7 Å². The molecule has 32 heavy (non-hydrogen) atoms. The van der Waals surface area contributed by atoms with Crippen molar-refractivity contribution in [1.29, 1.82) is 0 Å². The predicted octanol–water partition coefficient (Wildman–Crippen LogP) is 2.62. The molecule has 0 saturated carbocycles. The Morgan fingerprint density at radius 1 is 1.03 bits per heavy atom. The molecule has 2 aromatic rings. The van der Waals surface area contributed by atoms with Crippen molar-refractivity contribution in [3.8, 4) is 0 Å². The van der Waals surface area contributed by atoms with E-state index in [9.17, 15) is 14.4 Å². The summed E-state index contributed by atoms with van der Waals surface area (Å²) in [6.45, 7) is 1.86. The number of hydrogen-bond donors (Lipinski definition) is 1. The van der Waals surface area contributed by atoms with Crippen LogP contribution in [0.2, 0.25) is 0 Å². The third-order valence-corrected chi connectivity index (χ3v) is 6.97. The highest BCUT2D eigenvalue weighted by Crippen LogP contribution is 2.44. The Morgan fingerprint density at radius 2 is 1.66 bits per heavy atom. The Hall–Kier alpha value is -3.10. The number of carbonyl (C=O) groups excluding carboxylic acids is 3. The summed E-state index contributed by atoms with van der Waals surface area (Å²) in [5, 5.41) is 2.37. The number of esters is 1. The van der Waals surface area contributed by atoms with Gasteiger partial charge in [0.1, 0.15) is 29.2 Å². The number of β-lactam (4-membered cyclic amide) rings is 1. The molecule has 1 fully saturated rings. The molecule has 2 aromatic carbocycles. The molecule has 0 radical (unpaired) electrons. The van der Waals surface area contributed by atoms with Gasteiger partial charge in [0.05, 0.1) is 6.42 Å². The van der Waals surface area contributed by atoms with Crippen LogP contribution in [0.15, 0.2) is 71.9 Å². The van der Waals surface area contributed by atoms with E-state index < -0.39 is 22.8 Å². The van der Waals surface area contributed by atoms with Gasteiger partial charge in [0.15, 0.2) is 0 Å². The van der Waals surface area contributed by atoms with E-state index in [1.54, 1.807) is 14.0 Å². The molecule has 1 unspecified atom stereocenters. The van der Waals surface area contributed by atoms with Crippen LogP contribution in [0.1, 0.15) is 18.1 Å². The van der Waals surface area contributed by atoms with Crippen molar-refractivity contribution in [2.24, 2.45) is 0 Å². The van der Waals surface area contributed by atoms with Crippen LogP contribution >= 0.6 is 11.8 Å². The fourth-order valence-corrected chi connectivity index (χ4v) is 5.15. The Morgan fingerprint density at radius 3 is 2.28 bits per heavy atom. The second-order valence-corrected chi connectivity index (χ2v) is 8.79. The summed E-state index contributed by atoms with van der Waals surface area (Å²) in [7, 11) is 1.55. The van der Waals surface area contributed by atoms with Gasteiger partial charge in [-0.3, -0.25) is 14.5 Å². The number of nitrogens with one attached hydrogen (secondary N) is 1. The first-order chi connectivity index (χ1) is 15.5. The first-order valence-corrected chi connectivity index (χ1v) is 11.2. The van der Waals surface area contributed by atoms with Crippen molar-refractivity contribution in [3.05, 3.63) is 83.1 Å². The third kappa shape index (κ3) is 4.42. The topological polar surface area (TPSA) is 84.9 Å². The van der Waals surface area contributed by atoms with Crippen LogP contribution in [0, 0.1) is 0 Å². The van der Waals surface area contributed by atoms with Gasteiger partial charge >= 0.3 is 5.97 Å². The van der Waals surface area contributed by atoms with Crippen LogP contribution in [-0.2, 0) is 36.9 Å². The van der Waals surface area contributed by atoms with Gasteiger partial charge in [0.2, 0.25) is 5.91 Å². The number of amides is 2. The zero-order chi connectivity index (χ0) is 22.7. The molecular formula is C24H24N2O5S. The second-order valence-electron chi connectivity index (χ2n) is 7.60. The van der Waals surface area contributed by atoms with Crippen molar-refractivity contribution in [2.75, 3.05) is 7.11 Å². The second kappa shape index (κ2) is 9.58. The van der Waals surface area contributed by atoms with Gasteiger partial charge in [-0.05, 0) is 23.6 Å². The van der Waals surface area contributed by atoms with E-state index in [0.29, 0.717) is 5.57 Å². The van der Waals surface area contributed by atoms with Crippen molar-refractivity contribution in [2.45, 2.75) is 36.8 Å². The molecule has 2 aliphatic rings. The minimum atomic E-state index is -0.723. The highest BCUT2D eigenvalue weighted by Gasteiger charge is 2.56. The van der Waals surface area contributed by atoms with Crippen LogP contribution in [0.3, 0.4) is 0 Å². The van der Waals surface area contributed by atoms with Gasteiger partial charge in [-0.1, -0.05) is 72.4 Å². The smallest absolute Gasteiger partial charge is 0.355 e. The van der Waals surface area contributed by atoms with Crippen molar-refractivity contribution >= 4 is 29.5 Å². The first kappa shape index (κ1) is 22.1. The Kier molecular flexibility index (Phi) is 6.62. The molecule has 4 rings (SSSR count). The van der Waals surface area contributed by atoms with Crippen LogP contribution < -0.4 is 5.32 Å². The average molecular weight is 453 g/mol. The molecule has 1 N–H and O–H groups in total. The lowest BCUT2D eigenvalue weighted by Crippen LogP contribution is -2.71. The number of hydrogen-bond acceptors (Lipinski definition) is 6. The maximum Gasteiger partial charge on any atom is 0.355 e. The Bertz CT molecular complexity index is 1040. The highest BCUT2D eigenvalue weighted by molar-refractivity contribution is 8.00. The van der Waals surface area contributed by atoms with Gasteiger partial charge in [0, 0.05) is 7.11 Å². The van der Waals surface area contributed by atoms with Crippen molar-refractivity contribution in [1.82, 2.24) is 10.2 Å². The zero-order valence-corrected chi connectivity index (χ0v) is 18.6. The lowest BCUT2D eigenvalue weighted by molar-refractivity contribution is -0.153. The third-order valence-electron chi connectivity index (χ3n) is 5.42. The monoisotopic (exact) mass is 452 g/mol. The minimum absolute atomic E-state index is 0.102. The van der Waals surface area contributed by atoms with Crippen LogP contribution in [-0.4, -0.2) is 46.6 Å². The summed E-state index contributed by atoms with van der Waals surface area (Å²) in [6, 6.07) is 17.9. The quantitative estimate of drug-likeness (QED) is 0.514. The maximum absolute atomic E-state index is 12.9. The van der Waals surface area contributed by atoms with Crippen LogP contribution in [0.4, 0.5) is 0 Å². The van der Waals surface area contributed by atoms with E-state index >= 15 is 0 Å². The van der Waals surface area contributed by atoms with E-state index in [-0.39, 0.29) is 30.5 Å². The largest absolute Gasteiger partial charge is 0.456 e. The molecule has 2 amide bonds. The highest BCUT2D eigenvalue weighted by atomic mass is 32.2. The number of ether oxygens (including phenoxy) is 2. The summed E-state index contributed by atoms with van der Waals surface area (Å²) in [6.07, 6.45) is 0.177. The minimum Gasteiger partial charge on any atom is -0.456 e. The van der Waals surface area contributed by atoms with Crippen LogP contribution in [0.5, 0.6) is 0 Å². The number of carbonyl (C=O) groups is 3. The van der Waals surface area contributed by atoms with E-state index in [0.717, 1.165) is 11.1 Å². The summed E-state index contributed by atoms with van der Waals surface area (Å²) >= 11 is 1.39. The maximum atomic E-state index is 12.9. The summed E-state index contributed by atoms with van der Waals surface area (Å²) in [5.74, 6) is -1.16. The van der Waals surface area contributed by atoms with Gasteiger partial charge < -0.3 is 14.8 Å². The molecular weight excluding hydrogens is 428 g/mol. The first-order valence-electron chi connectivity index (χ1n) is 10.3. The van der Waals surface area contributed by atoms with E-state index in [1.165, 1.54) is 16.7 Å². The van der Waals surface area contributed by atoms with Crippen molar-refractivity contribution in [3.63, 3.8) is 0 Å². The molecule has 1 saturated heterocycles. The van der Waals surface area contributed by atoms with Crippen LogP contribution in [0.25, 0.3) is 0 Å². The summed E-state index contributed by atoms with van der Waals surface area (Å²) < 4.78 is 11.0. The molecule has 166 valence electrons. The van der Waals surface area contributed by atoms with Gasteiger partial charge in [-0.15, -0.1) is 0 Å². The molecule has 2 aliphatic heterocycles. The number of fused-ring (bicyclic) bond motifs is 1. The van der Waals surface area contributed by atoms with Gasteiger partial charge in [-0.2, -0.15) is 0 Å². The number of thioether (sulfide) groups is 1. The predicted molar refractivity (Wildman–Crippen MR) is 120 cm³/mol. The molecule has 0 aliphatic carbocycles. The Balaban J connectivity index is 1.46. The molecule has 0 bridgehead atoms. The van der Waals surface area contributed by atoms with Gasteiger partial charge in [-0.25, -0.2) is 4.79 Å². The number of methoxy groups -OCH3 is 1. The lowest BCUT2D eigenvalue weighted by Gasteiger charge is -2.51. The molecule has 8 heteroatoms. The average Bonchev–Trinajstić information content (AvgIpc) is 2.82. The molecule has 0 aromatic heterocycles. The zero-order valence-electron chi connectivity index (χ0n) is 17.8. The lowest BCUT2D eigenvalue weighted by atomic mass is 10.0. The molecule has 7 nitrogen and oxygen atoms in total. The number of rotatable bonds is 7. The fourth-order valence-electron chi connectivity index (χ4n) is 3.79. The fraction of sp³-hybridized carbons (Fsp3) is 0.292. The molecule has 3 atom stereocenters. The standard InChI is InChI=1S/C24H24N2O5S/c1-15-20(23(29)31-14-17-11-7-4-8-12-17)26-21(28)19(22(26)32-24(15)30-2)25-18(27)13-16-9-5-3-6-10-16/h3-12,19,22,24H,13-14H2,1-2H3,(H,25,27)/t19?,22-,24+/m1/s1. The number of nitrogens with zero attached hydrogens (tertiary/aromatic N) is 1. The van der Waals surface area contributed by atoms with E-state index in [2.05, 4.69) is 5.32 Å². The normalized spacial score (nSPS) is 22.1. The summed E-state index contributed by atoms with van der Waals surface area (Å²) in [4.78, 5) is 39.8. The molecule has 2 heterocycles. The van der Waals surface area contributed by atoms with Crippen molar-refractivity contribution < 1.29 is 23.9 Å². The van der Waals surface area contributed by atoms with Gasteiger partial charge in [0.25, 0.3) is 5.91 Å². The Labute approximate surface area is 190 Å². The molecule has 0 spiro atoms. The summed E-state index contributed by atoms with van der Waals surface area (Å²) in [5.41, 5.74) is 2.10. The van der Waals surface area contributed by atoms with E-state index in [4.69, 9.17) is 9.47 Å².